The monoisotopic (exact) mass is 196 g/mol. The maximum absolute atomic E-state index is 4.62. The van der Waals surface area contributed by atoms with Crippen molar-refractivity contribution in [2.45, 2.75) is 26.2 Å². The molecule has 0 radical (unpaired) electrons. The van der Waals surface area contributed by atoms with Crippen molar-refractivity contribution in [3.63, 3.8) is 0 Å². The van der Waals surface area contributed by atoms with E-state index >= 15 is 0 Å². The summed E-state index contributed by atoms with van der Waals surface area (Å²) in [5, 5.41) is 6.80. The molecule has 2 rings (SSSR count). The summed E-state index contributed by atoms with van der Waals surface area (Å²) in [7, 11) is 0. The molecule has 1 fully saturated rings. The second-order valence-corrected chi connectivity index (χ2v) is 4.99. The van der Waals surface area contributed by atoms with E-state index in [0.717, 1.165) is 5.92 Å². The summed E-state index contributed by atoms with van der Waals surface area (Å²) < 4.78 is 0. The Kier molecular flexibility index (Phi) is 2.65. The van der Waals surface area contributed by atoms with Crippen LogP contribution in [0.5, 0.6) is 0 Å². The van der Waals surface area contributed by atoms with E-state index in [1.165, 1.54) is 30.2 Å². The van der Waals surface area contributed by atoms with Crippen molar-refractivity contribution < 1.29 is 0 Å². The molecule has 2 heterocycles. The summed E-state index contributed by atoms with van der Waals surface area (Å²) in [6.07, 6.45) is 1.17. The minimum absolute atomic E-state index is 0.574. The fourth-order valence-electron chi connectivity index (χ4n) is 1.42. The van der Waals surface area contributed by atoms with Gasteiger partial charge >= 0.3 is 0 Å². The molecule has 0 amide bonds. The van der Waals surface area contributed by atoms with E-state index < -0.39 is 0 Å². The van der Waals surface area contributed by atoms with E-state index in [4.69, 9.17) is 0 Å². The zero-order valence-corrected chi connectivity index (χ0v) is 9.03. The molecule has 1 saturated heterocycles. The van der Waals surface area contributed by atoms with Gasteiger partial charge in [-0.3, -0.25) is 0 Å². The van der Waals surface area contributed by atoms with Crippen LogP contribution in [-0.4, -0.2) is 18.1 Å². The minimum atomic E-state index is 0.574. The molecule has 0 bridgehead atoms. The SMILES string of the molecule is CC(C)c1csc(CC2CNC2)n1. The van der Waals surface area contributed by atoms with Crippen LogP contribution < -0.4 is 5.32 Å². The van der Waals surface area contributed by atoms with Crippen molar-refractivity contribution in [1.29, 1.82) is 0 Å². The lowest BCUT2D eigenvalue weighted by Gasteiger charge is -2.25. The first-order valence-corrected chi connectivity index (χ1v) is 5.78. The molecule has 1 N–H and O–H groups in total. The van der Waals surface area contributed by atoms with Crippen molar-refractivity contribution in [2.75, 3.05) is 13.1 Å². The van der Waals surface area contributed by atoms with Gasteiger partial charge in [-0.1, -0.05) is 13.8 Å². The van der Waals surface area contributed by atoms with E-state index in [9.17, 15) is 0 Å². The van der Waals surface area contributed by atoms with Gasteiger partial charge in [-0.05, 0) is 24.9 Å². The largest absolute Gasteiger partial charge is 0.316 e. The predicted molar refractivity (Wildman–Crippen MR) is 56.3 cm³/mol. The van der Waals surface area contributed by atoms with Crippen LogP contribution >= 0.6 is 11.3 Å². The lowest BCUT2D eigenvalue weighted by molar-refractivity contribution is 0.346. The summed E-state index contributed by atoms with van der Waals surface area (Å²) in [6, 6.07) is 0. The first-order chi connectivity index (χ1) is 6.25. The van der Waals surface area contributed by atoms with Crippen LogP contribution in [0, 0.1) is 5.92 Å². The Bertz CT molecular complexity index is 276. The molecule has 1 aromatic heterocycles. The van der Waals surface area contributed by atoms with Gasteiger partial charge in [0.15, 0.2) is 0 Å². The fourth-order valence-corrected chi connectivity index (χ4v) is 2.50. The van der Waals surface area contributed by atoms with Crippen LogP contribution in [0.4, 0.5) is 0 Å². The van der Waals surface area contributed by atoms with E-state index in [-0.39, 0.29) is 0 Å². The quantitative estimate of drug-likeness (QED) is 0.800. The number of rotatable bonds is 3. The molecule has 3 heteroatoms. The third-order valence-electron chi connectivity index (χ3n) is 2.49. The lowest BCUT2D eigenvalue weighted by atomic mass is 10.00. The van der Waals surface area contributed by atoms with Crippen molar-refractivity contribution >= 4 is 11.3 Å². The molecule has 0 aliphatic carbocycles. The average molecular weight is 196 g/mol. The maximum atomic E-state index is 4.62. The molecule has 1 aromatic rings. The van der Waals surface area contributed by atoms with Crippen molar-refractivity contribution in [2.24, 2.45) is 5.92 Å². The number of nitrogens with one attached hydrogen (secondary N) is 1. The minimum Gasteiger partial charge on any atom is -0.316 e. The second-order valence-electron chi connectivity index (χ2n) is 4.05. The number of nitrogens with zero attached hydrogens (tertiary/aromatic N) is 1. The molecule has 0 saturated carbocycles. The van der Waals surface area contributed by atoms with Gasteiger partial charge in [-0.2, -0.15) is 0 Å². The molecule has 72 valence electrons. The number of aromatic nitrogens is 1. The highest BCUT2D eigenvalue weighted by atomic mass is 32.1. The topological polar surface area (TPSA) is 24.9 Å². The average Bonchev–Trinajstić information content (AvgIpc) is 2.44. The third-order valence-corrected chi connectivity index (χ3v) is 3.38. The summed E-state index contributed by atoms with van der Waals surface area (Å²) in [5.41, 5.74) is 1.26. The van der Waals surface area contributed by atoms with Crippen LogP contribution in [0.3, 0.4) is 0 Å². The summed E-state index contributed by atoms with van der Waals surface area (Å²) in [4.78, 5) is 4.62. The Labute approximate surface area is 83.4 Å². The van der Waals surface area contributed by atoms with Crippen LogP contribution in [-0.2, 0) is 6.42 Å². The van der Waals surface area contributed by atoms with Gasteiger partial charge in [0.2, 0.25) is 0 Å². The van der Waals surface area contributed by atoms with Gasteiger partial charge in [-0.25, -0.2) is 4.98 Å². The second kappa shape index (κ2) is 3.76. The van der Waals surface area contributed by atoms with Gasteiger partial charge in [0, 0.05) is 11.8 Å². The highest BCUT2D eigenvalue weighted by Crippen LogP contribution is 2.21. The lowest BCUT2D eigenvalue weighted by Crippen LogP contribution is -2.43. The molecule has 1 aliphatic heterocycles. The Morgan fingerprint density at radius 3 is 2.85 bits per heavy atom. The first-order valence-electron chi connectivity index (χ1n) is 4.90. The normalized spacial score (nSPS) is 17.8. The fraction of sp³-hybridized carbons (Fsp3) is 0.700. The highest BCUT2D eigenvalue weighted by Gasteiger charge is 2.18. The summed E-state index contributed by atoms with van der Waals surface area (Å²) in [6.45, 7) is 6.75. The molecule has 13 heavy (non-hydrogen) atoms. The smallest absolute Gasteiger partial charge is 0.0932 e. The van der Waals surface area contributed by atoms with E-state index in [1.54, 1.807) is 0 Å². The van der Waals surface area contributed by atoms with Crippen LogP contribution in [0.15, 0.2) is 5.38 Å². The van der Waals surface area contributed by atoms with Crippen molar-refractivity contribution in [3.8, 4) is 0 Å². The summed E-state index contributed by atoms with van der Waals surface area (Å²) in [5.74, 6) is 1.41. The molecule has 0 unspecified atom stereocenters. The molecule has 0 spiro atoms. The molecule has 1 aliphatic rings. The Morgan fingerprint density at radius 2 is 2.38 bits per heavy atom. The molecular formula is C10H16N2S. The van der Waals surface area contributed by atoms with Gasteiger partial charge in [-0.15, -0.1) is 11.3 Å². The zero-order chi connectivity index (χ0) is 9.26. The standard InChI is InChI=1S/C10H16N2S/c1-7(2)9-6-13-10(12-9)3-8-4-11-5-8/h6-8,11H,3-5H2,1-2H3. The molecular weight excluding hydrogens is 180 g/mol. The van der Waals surface area contributed by atoms with Gasteiger partial charge < -0.3 is 5.32 Å². The van der Waals surface area contributed by atoms with Crippen molar-refractivity contribution in [3.05, 3.63) is 16.1 Å². The third kappa shape index (κ3) is 2.09. The van der Waals surface area contributed by atoms with Crippen LogP contribution in [0.25, 0.3) is 0 Å². The summed E-state index contributed by atoms with van der Waals surface area (Å²) >= 11 is 1.82. The Hall–Kier alpha value is -0.410. The van der Waals surface area contributed by atoms with Gasteiger partial charge in [0.05, 0.1) is 10.7 Å². The van der Waals surface area contributed by atoms with Gasteiger partial charge in [0.25, 0.3) is 0 Å². The predicted octanol–water partition coefficient (Wildman–Crippen LogP) is 2.03. The Balaban J connectivity index is 1.96. The Morgan fingerprint density at radius 1 is 1.62 bits per heavy atom. The molecule has 2 nitrogen and oxygen atoms in total. The number of hydrogen-bond donors (Lipinski definition) is 1. The maximum Gasteiger partial charge on any atom is 0.0932 e. The molecule has 0 atom stereocenters. The number of thiazole rings is 1. The van der Waals surface area contributed by atoms with Crippen LogP contribution in [0.2, 0.25) is 0 Å². The highest BCUT2D eigenvalue weighted by molar-refractivity contribution is 7.09. The number of hydrogen-bond acceptors (Lipinski definition) is 3. The van der Waals surface area contributed by atoms with Gasteiger partial charge in [0.1, 0.15) is 0 Å². The van der Waals surface area contributed by atoms with Crippen LogP contribution in [0.1, 0.15) is 30.5 Å². The first kappa shape index (κ1) is 9.16. The zero-order valence-electron chi connectivity index (χ0n) is 8.21. The van der Waals surface area contributed by atoms with E-state index in [2.05, 4.69) is 29.5 Å². The van der Waals surface area contributed by atoms with E-state index in [0.29, 0.717) is 5.92 Å². The molecule has 0 aromatic carbocycles. The van der Waals surface area contributed by atoms with Crippen molar-refractivity contribution in [1.82, 2.24) is 10.3 Å². The van der Waals surface area contributed by atoms with E-state index in [1.807, 2.05) is 11.3 Å².